The lowest BCUT2D eigenvalue weighted by Gasteiger charge is -1.89. The van der Waals surface area contributed by atoms with Gasteiger partial charge in [0, 0.05) is 0 Å². The molecule has 0 bridgehead atoms. The van der Waals surface area contributed by atoms with Crippen LogP contribution in [-0.2, 0) is 0 Å². The zero-order chi connectivity index (χ0) is 10.1. The first-order valence-corrected chi connectivity index (χ1v) is 5.95. The predicted molar refractivity (Wildman–Crippen MR) is 59.6 cm³/mol. The highest BCUT2D eigenvalue weighted by Gasteiger charge is 2.13. The Morgan fingerprint density at radius 1 is 1.57 bits per heavy atom. The van der Waals surface area contributed by atoms with E-state index in [9.17, 15) is 0 Å². The smallest absolute Gasteiger partial charge is 0.268 e. The summed E-state index contributed by atoms with van der Waals surface area (Å²) in [6.07, 6.45) is 0. The van der Waals surface area contributed by atoms with Gasteiger partial charge < -0.3 is 4.52 Å². The van der Waals surface area contributed by atoms with Crippen molar-refractivity contribution < 1.29 is 4.52 Å². The van der Waals surface area contributed by atoms with Gasteiger partial charge in [-0.2, -0.15) is 4.98 Å². The molecule has 0 amide bonds. The quantitative estimate of drug-likeness (QED) is 0.789. The number of hydrogen-bond donors (Lipinski definition) is 0. The van der Waals surface area contributed by atoms with Crippen LogP contribution in [-0.4, -0.2) is 10.1 Å². The molecule has 14 heavy (non-hydrogen) atoms. The SMILES string of the molecule is CC(Cl)c1noc(-c2ccc(Br)s2)n1. The third-order valence-corrected chi connectivity index (χ3v) is 3.39. The van der Waals surface area contributed by atoms with Crippen molar-refractivity contribution >= 4 is 38.9 Å². The third-order valence-electron chi connectivity index (χ3n) is 1.58. The van der Waals surface area contributed by atoms with Crippen molar-refractivity contribution in [3.8, 4) is 10.8 Å². The van der Waals surface area contributed by atoms with Crippen LogP contribution in [0.2, 0.25) is 0 Å². The molecule has 3 nitrogen and oxygen atoms in total. The molecule has 0 radical (unpaired) electrons. The topological polar surface area (TPSA) is 38.9 Å². The van der Waals surface area contributed by atoms with E-state index in [2.05, 4.69) is 26.1 Å². The maximum absolute atomic E-state index is 5.82. The van der Waals surface area contributed by atoms with Crippen LogP contribution in [0, 0.1) is 0 Å². The first-order chi connectivity index (χ1) is 6.66. The van der Waals surface area contributed by atoms with Crippen LogP contribution in [0.1, 0.15) is 18.1 Å². The zero-order valence-corrected chi connectivity index (χ0v) is 10.4. The average molecular weight is 294 g/mol. The van der Waals surface area contributed by atoms with Crippen molar-refractivity contribution in [1.29, 1.82) is 0 Å². The van der Waals surface area contributed by atoms with Gasteiger partial charge in [0.1, 0.15) is 0 Å². The molecule has 6 heteroatoms. The van der Waals surface area contributed by atoms with E-state index in [0.717, 1.165) is 8.66 Å². The monoisotopic (exact) mass is 292 g/mol. The number of rotatable bonds is 2. The number of nitrogens with zero attached hydrogens (tertiary/aromatic N) is 2. The summed E-state index contributed by atoms with van der Waals surface area (Å²) < 4.78 is 6.10. The maximum atomic E-state index is 5.82. The predicted octanol–water partition coefficient (Wildman–Crippen LogP) is 3.86. The minimum absolute atomic E-state index is 0.226. The van der Waals surface area contributed by atoms with Gasteiger partial charge in [0.15, 0.2) is 5.82 Å². The summed E-state index contributed by atoms with van der Waals surface area (Å²) in [6.45, 7) is 1.81. The summed E-state index contributed by atoms with van der Waals surface area (Å²) in [5.74, 6) is 1.04. The van der Waals surface area contributed by atoms with Crippen LogP contribution in [0.5, 0.6) is 0 Å². The Morgan fingerprint density at radius 2 is 2.36 bits per heavy atom. The molecule has 2 rings (SSSR count). The molecule has 2 heterocycles. The lowest BCUT2D eigenvalue weighted by molar-refractivity contribution is 0.423. The van der Waals surface area contributed by atoms with Gasteiger partial charge in [-0.15, -0.1) is 22.9 Å². The molecule has 74 valence electrons. The van der Waals surface area contributed by atoms with Crippen LogP contribution in [0.3, 0.4) is 0 Å². The molecule has 0 spiro atoms. The first kappa shape index (κ1) is 10.1. The number of hydrogen-bond acceptors (Lipinski definition) is 4. The summed E-state index contributed by atoms with van der Waals surface area (Å²) in [6, 6.07) is 3.86. The highest BCUT2D eigenvalue weighted by Crippen LogP contribution is 2.30. The Kier molecular flexibility index (Phi) is 2.90. The second-order valence-electron chi connectivity index (χ2n) is 2.68. The Morgan fingerprint density at radius 3 is 2.86 bits per heavy atom. The third kappa shape index (κ3) is 1.99. The van der Waals surface area contributed by atoms with Crippen LogP contribution in [0.25, 0.3) is 10.8 Å². The molecule has 2 aromatic heterocycles. The molecule has 0 aliphatic rings. The van der Waals surface area contributed by atoms with Crippen LogP contribution < -0.4 is 0 Å². The fraction of sp³-hybridized carbons (Fsp3) is 0.250. The summed E-state index contributed by atoms with van der Waals surface area (Å²) in [5.41, 5.74) is 0. The largest absolute Gasteiger partial charge is 0.333 e. The lowest BCUT2D eigenvalue weighted by Crippen LogP contribution is -1.85. The molecular formula is C8H6BrClN2OS. The van der Waals surface area contributed by atoms with E-state index in [4.69, 9.17) is 16.1 Å². The van der Waals surface area contributed by atoms with Crippen LogP contribution in [0.4, 0.5) is 0 Å². The van der Waals surface area contributed by atoms with Crippen molar-refractivity contribution in [1.82, 2.24) is 10.1 Å². The Bertz CT molecular complexity index is 440. The average Bonchev–Trinajstić information content (AvgIpc) is 2.70. The molecule has 0 aliphatic carbocycles. The van der Waals surface area contributed by atoms with E-state index in [1.54, 1.807) is 18.3 Å². The van der Waals surface area contributed by atoms with E-state index in [1.165, 1.54) is 0 Å². The summed E-state index contributed by atoms with van der Waals surface area (Å²) in [7, 11) is 0. The van der Waals surface area contributed by atoms with Crippen molar-refractivity contribution in [2.24, 2.45) is 0 Å². The van der Waals surface area contributed by atoms with Crippen molar-refractivity contribution in [3.63, 3.8) is 0 Å². The Hall–Kier alpha value is -0.390. The summed E-state index contributed by atoms with van der Waals surface area (Å²) in [5, 5.41) is 3.55. The lowest BCUT2D eigenvalue weighted by atomic mass is 10.4. The maximum Gasteiger partial charge on any atom is 0.268 e. The van der Waals surface area contributed by atoms with E-state index in [1.807, 2.05) is 12.1 Å². The molecule has 0 saturated carbocycles. The Balaban J connectivity index is 2.33. The molecule has 1 unspecified atom stereocenters. The van der Waals surface area contributed by atoms with Gasteiger partial charge >= 0.3 is 0 Å². The highest BCUT2D eigenvalue weighted by molar-refractivity contribution is 9.11. The molecule has 0 saturated heterocycles. The fourth-order valence-corrected chi connectivity index (χ4v) is 2.32. The molecule has 1 atom stereocenters. The number of aromatic nitrogens is 2. The van der Waals surface area contributed by atoms with Gasteiger partial charge in [-0.25, -0.2) is 0 Å². The number of halogens is 2. The van der Waals surface area contributed by atoms with Crippen LogP contribution >= 0.6 is 38.9 Å². The Labute approximate surface area is 98.2 Å². The summed E-state index contributed by atoms with van der Waals surface area (Å²) in [4.78, 5) is 5.11. The molecular weight excluding hydrogens is 288 g/mol. The minimum atomic E-state index is -0.226. The first-order valence-electron chi connectivity index (χ1n) is 3.90. The fourth-order valence-electron chi connectivity index (χ4n) is 0.926. The van der Waals surface area contributed by atoms with Gasteiger partial charge in [-0.1, -0.05) is 5.16 Å². The van der Waals surface area contributed by atoms with E-state index < -0.39 is 0 Å². The van der Waals surface area contributed by atoms with E-state index in [-0.39, 0.29) is 5.38 Å². The second-order valence-corrected chi connectivity index (χ2v) is 5.80. The van der Waals surface area contributed by atoms with Crippen molar-refractivity contribution in [2.45, 2.75) is 12.3 Å². The van der Waals surface area contributed by atoms with Crippen molar-refractivity contribution in [3.05, 3.63) is 21.7 Å². The van der Waals surface area contributed by atoms with Crippen LogP contribution in [0.15, 0.2) is 20.4 Å². The second kappa shape index (κ2) is 4.00. The zero-order valence-electron chi connectivity index (χ0n) is 7.20. The van der Waals surface area contributed by atoms with E-state index in [0.29, 0.717) is 11.7 Å². The molecule has 2 aromatic rings. The van der Waals surface area contributed by atoms with Crippen molar-refractivity contribution in [2.75, 3.05) is 0 Å². The minimum Gasteiger partial charge on any atom is -0.333 e. The summed E-state index contributed by atoms with van der Waals surface area (Å²) >= 11 is 10.7. The number of thiophene rings is 1. The highest BCUT2D eigenvalue weighted by atomic mass is 79.9. The normalized spacial score (nSPS) is 13.1. The molecule has 0 N–H and O–H groups in total. The van der Waals surface area contributed by atoms with Gasteiger partial charge in [-0.3, -0.25) is 0 Å². The van der Waals surface area contributed by atoms with Gasteiger partial charge in [0.2, 0.25) is 0 Å². The molecule has 0 aliphatic heterocycles. The van der Waals surface area contributed by atoms with Gasteiger partial charge in [0.05, 0.1) is 14.0 Å². The van der Waals surface area contributed by atoms with Gasteiger partial charge in [0.25, 0.3) is 5.89 Å². The number of alkyl halides is 1. The van der Waals surface area contributed by atoms with E-state index >= 15 is 0 Å². The molecule has 0 fully saturated rings. The molecule has 0 aromatic carbocycles. The van der Waals surface area contributed by atoms with Gasteiger partial charge in [-0.05, 0) is 35.0 Å². The standard InChI is InChI=1S/C8H6BrClN2OS/c1-4(10)7-11-8(13-12-7)5-2-3-6(9)14-5/h2-4H,1H3.